The van der Waals surface area contributed by atoms with E-state index in [0.29, 0.717) is 0 Å². The van der Waals surface area contributed by atoms with Crippen LogP contribution in [0.2, 0.25) is 0 Å². The lowest BCUT2D eigenvalue weighted by Gasteiger charge is -2.35. The summed E-state index contributed by atoms with van der Waals surface area (Å²) in [4.78, 5) is 22.9. The van der Waals surface area contributed by atoms with Crippen LogP contribution in [0.4, 0.5) is 0 Å². The molecule has 244 valence electrons. The fourth-order valence-corrected chi connectivity index (χ4v) is 4.20. The summed E-state index contributed by atoms with van der Waals surface area (Å²) in [7, 11) is 0. The molecule has 2 amide bonds. The monoisotopic (exact) mass is 600 g/mol. The molecule has 14 atom stereocenters. The highest BCUT2D eigenvalue weighted by atomic mass is 16.4. The molecule has 14 unspecified atom stereocenters. The van der Waals surface area contributed by atoms with Crippen molar-refractivity contribution < 1.29 is 60.7 Å². The van der Waals surface area contributed by atoms with Gasteiger partial charge in [0, 0.05) is 45.4 Å². The summed E-state index contributed by atoms with van der Waals surface area (Å²) in [5.74, 6) is -1.19. The summed E-state index contributed by atoms with van der Waals surface area (Å²) in [6, 6.07) is -4.44. The number of aliphatic hydroxyl groups excluding tert-OH is 10. The van der Waals surface area contributed by atoms with Crippen LogP contribution in [0, 0.1) is 0 Å². The predicted octanol–water partition coefficient (Wildman–Crippen LogP) is -6.01. The van der Waals surface area contributed by atoms with E-state index in [1.165, 1.54) is 27.7 Å². The van der Waals surface area contributed by atoms with Crippen LogP contribution in [-0.4, -0.2) is 161 Å². The number of hydrogen-bond acceptors (Lipinski definition) is 14. The van der Waals surface area contributed by atoms with Crippen LogP contribution in [-0.2, 0) is 9.59 Å². The number of nitrogens with one attached hydrogen (secondary N) is 4. The zero-order chi connectivity index (χ0) is 32.2. The summed E-state index contributed by atoms with van der Waals surface area (Å²) in [5, 5.41) is 112. The van der Waals surface area contributed by atoms with Crippen molar-refractivity contribution in [2.45, 2.75) is 133 Å². The van der Waals surface area contributed by atoms with Gasteiger partial charge < -0.3 is 72.3 Å². The van der Waals surface area contributed by atoms with Crippen molar-refractivity contribution in [1.82, 2.24) is 21.3 Å². The Labute approximate surface area is 240 Å². The Bertz CT molecular complexity index is 704. The van der Waals surface area contributed by atoms with Crippen molar-refractivity contribution in [1.29, 1.82) is 0 Å². The Morgan fingerprint density at radius 1 is 0.512 bits per heavy atom. The minimum Gasteiger partial charge on any atom is -0.392 e. The smallest absolute Gasteiger partial charge is 0.217 e. The molecule has 0 aromatic heterocycles. The first kappa shape index (κ1) is 39.5. The first-order valence-corrected chi connectivity index (χ1v) is 13.6. The van der Waals surface area contributed by atoms with Crippen LogP contribution < -0.4 is 21.3 Å². The Morgan fingerprint density at radius 3 is 1.05 bits per heavy atom. The third kappa shape index (κ3) is 14.0. The minimum absolute atomic E-state index is 0.127. The summed E-state index contributed by atoms with van der Waals surface area (Å²) in [6.07, 6.45) is -14.5. The van der Waals surface area contributed by atoms with Gasteiger partial charge in [0.25, 0.3) is 0 Å². The number of carbonyl (C=O) groups excluding carboxylic acids is 2. The highest BCUT2D eigenvalue weighted by Crippen LogP contribution is 2.13. The van der Waals surface area contributed by atoms with E-state index in [-0.39, 0.29) is 19.5 Å². The number of aliphatic hydroxyl groups is 10. The molecular formula is C25H52N4O12. The van der Waals surface area contributed by atoms with E-state index in [2.05, 4.69) is 21.3 Å². The maximum absolute atomic E-state index is 11.4. The minimum atomic E-state index is -1.67. The lowest BCUT2D eigenvalue weighted by atomic mass is 9.93. The van der Waals surface area contributed by atoms with E-state index < -0.39 is 97.0 Å². The number of rotatable bonds is 20. The molecule has 0 fully saturated rings. The third-order valence-corrected chi connectivity index (χ3v) is 6.82. The lowest BCUT2D eigenvalue weighted by Crippen LogP contribution is -2.60. The summed E-state index contributed by atoms with van der Waals surface area (Å²) in [6.45, 7) is 7.51. The maximum atomic E-state index is 11.4. The first-order valence-electron chi connectivity index (χ1n) is 13.6. The quantitative estimate of drug-likeness (QED) is 0.0619. The second-order valence-electron chi connectivity index (χ2n) is 10.8. The van der Waals surface area contributed by atoms with Crippen LogP contribution in [0.25, 0.3) is 0 Å². The van der Waals surface area contributed by atoms with Crippen molar-refractivity contribution in [2.75, 3.05) is 13.1 Å². The van der Waals surface area contributed by atoms with Gasteiger partial charge in [0.2, 0.25) is 11.8 Å². The highest BCUT2D eigenvalue weighted by molar-refractivity contribution is 5.73. The van der Waals surface area contributed by atoms with Crippen molar-refractivity contribution in [3.05, 3.63) is 0 Å². The van der Waals surface area contributed by atoms with Gasteiger partial charge in [0.1, 0.15) is 24.4 Å². The summed E-state index contributed by atoms with van der Waals surface area (Å²) < 4.78 is 0. The van der Waals surface area contributed by atoms with Gasteiger partial charge in [-0.3, -0.25) is 9.59 Å². The zero-order valence-corrected chi connectivity index (χ0v) is 24.5. The average Bonchev–Trinajstić information content (AvgIpc) is 2.88. The van der Waals surface area contributed by atoms with E-state index in [9.17, 15) is 60.7 Å². The Kier molecular flexibility index (Phi) is 18.2. The molecule has 16 nitrogen and oxygen atoms in total. The normalized spacial score (nSPS) is 22.4. The third-order valence-electron chi connectivity index (χ3n) is 6.82. The Balaban J connectivity index is 4.87. The van der Waals surface area contributed by atoms with E-state index in [0.717, 1.165) is 13.8 Å². The van der Waals surface area contributed by atoms with Crippen molar-refractivity contribution in [3.63, 3.8) is 0 Å². The molecule has 16 heteroatoms. The molecule has 0 aromatic carbocycles. The van der Waals surface area contributed by atoms with Crippen LogP contribution in [0.15, 0.2) is 0 Å². The molecule has 0 saturated heterocycles. The second-order valence-corrected chi connectivity index (χ2v) is 10.8. The van der Waals surface area contributed by atoms with E-state index in [1.54, 1.807) is 0 Å². The molecule has 0 aliphatic heterocycles. The van der Waals surface area contributed by atoms with Gasteiger partial charge in [-0.25, -0.2) is 0 Å². The number of hydrogen-bond donors (Lipinski definition) is 14. The largest absolute Gasteiger partial charge is 0.392 e. The van der Waals surface area contributed by atoms with E-state index >= 15 is 0 Å². The standard InChI is InChI=1S/C25H52N4O12/c1-10(20(36)24(40)18(28-14(5)32)22(38)12(3)30)26-8-16(34)7-17(35)9-27-11(2)21(37)25(41)19(29-15(6)33)23(39)13(4)31/h10-13,16-27,30-31,34-41H,7-9H2,1-6H3,(H,28,32)(H,29,33). The van der Waals surface area contributed by atoms with Crippen LogP contribution in [0.1, 0.15) is 48.0 Å². The van der Waals surface area contributed by atoms with Crippen LogP contribution >= 0.6 is 0 Å². The number of amides is 2. The van der Waals surface area contributed by atoms with Crippen LogP contribution in [0.3, 0.4) is 0 Å². The molecule has 0 spiro atoms. The molecule has 0 aromatic rings. The van der Waals surface area contributed by atoms with Gasteiger partial charge in [-0.2, -0.15) is 0 Å². The summed E-state index contributed by atoms with van der Waals surface area (Å²) >= 11 is 0. The van der Waals surface area contributed by atoms with Crippen LogP contribution in [0.5, 0.6) is 0 Å². The fraction of sp³-hybridized carbons (Fsp3) is 0.920. The average molecular weight is 601 g/mol. The molecule has 0 rings (SSSR count). The SMILES string of the molecule is CC(=O)NC(C(O)C(C)O)C(O)C(O)C(C)NCC(O)CC(O)CNC(C)C(O)C(O)C(NC(C)=O)C(O)C(C)O. The van der Waals surface area contributed by atoms with Gasteiger partial charge >= 0.3 is 0 Å². The lowest BCUT2D eigenvalue weighted by molar-refractivity contribution is -0.126. The zero-order valence-electron chi connectivity index (χ0n) is 24.5. The van der Waals surface area contributed by atoms with E-state index in [4.69, 9.17) is 0 Å². The van der Waals surface area contributed by atoms with Gasteiger partial charge in [0.05, 0.1) is 48.7 Å². The molecule has 0 aliphatic rings. The van der Waals surface area contributed by atoms with Crippen molar-refractivity contribution in [3.8, 4) is 0 Å². The number of carbonyl (C=O) groups is 2. The highest BCUT2D eigenvalue weighted by Gasteiger charge is 2.38. The molecule has 0 heterocycles. The predicted molar refractivity (Wildman–Crippen MR) is 146 cm³/mol. The van der Waals surface area contributed by atoms with Gasteiger partial charge in [-0.05, 0) is 27.7 Å². The van der Waals surface area contributed by atoms with Gasteiger partial charge in [0.15, 0.2) is 0 Å². The Hall–Kier alpha value is -1.54. The fourth-order valence-electron chi connectivity index (χ4n) is 4.20. The topological polar surface area (TPSA) is 285 Å². The second kappa shape index (κ2) is 18.9. The Morgan fingerprint density at radius 2 is 0.805 bits per heavy atom. The molecule has 41 heavy (non-hydrogen) atoms. The molecule has 0 bridgehead atoms. The van der Waals surface area contributed by atoms with Crippen molar-refractivity contribution in [2.24, 2.45) is 0 Å². The molecular weight excluding hydrogens is 548 g/mol. The molecule has 14 N–H and O–H groups in total. The molecule has 0 aliphatic carbocycles. The van der Waals surface area contributed by atoms with Gasteiger partial charge in [-0.15, -0.1) is 0 Å². The maximum Gasteiger partial charge on any atom is 0.217 e. The van der Waals surface area contributed by atoms with Gasteiger partial charge in [-0.1, -0.05) is 0 Å². The summed E-state index contributed by atoms with van der Waals surface area (Å²) in [5.41, 5.74) is 0. The molecule has 0 saturated carbocycles. The first-order chi connectivity index (χ1) is 18.8. The molecule has 0 radical (unpaired) electrons. The van der Waals surface area contributed by atoms with Crippen molar-refractivity contribution >= 4 is 11.8 Å². The van der Waals surface area contributed by atoms with E-state index in [1.807, 2.05) is 0 Å².